The molecule has 1 aromatic carbocycles. The van der Waals surface area contributed by atoms with E-state index in [4.69, 9.17) is 4.74 Å². The normalized spacial score (nSPS) is 17.7. The van der Waals surface area contributed by atoms with Crippen molar-refractivity contribution in [3.05, 3.63) is 59.9 Å². The van der Waals surface area contributed by atoms with Crippen LogP contribution in [0.15, 0.2) is 53.7 Å². The second kappa shape index (κ2) is 10.3. The van der Waals surface area contributed by atoms with Crippen LogP contribution in [0.2, 0.25) is 0 Å². The van der Waals surface area contributed by atoms with Crippen molar-refractivity contribution >= 4 is 5.96 Å². The maximum absolute atomic E-state index is 12.5. The molecule has 0 bridgehead atoms. The number of pyridine rings is 1. The van der Waals surface area contributed by atoms with Crippen molar-refractivity contribution < 1.29 is 17.9 Å². The number of nitrogens with one attached hydrogen (secondary N) is 2. The van der Waals surface area contributed by atoms with Gasteiger partial charge >= 0.3 is 6.18 Å². The van der Waals surface area contributed by atoms with Gasteiger partial charge in [0.2, 0.25) is 0 Å². The van der Waals surface area contributed by atoms with E-state index in [2.05, 4.69) is 20.6 Å². The van der Waals surface area contributed by atoms with Gasteiger partial charge in [-0.3, -0.25) is 14.9 Å². The van der Waals surface area contributed by atoms with E-state index in [1.54, 1.807) is 13.2 Å². The predicted molar refractivity (Wildman–Crippen MR) is 109 cm³/mol. The number of ether oxygens (including phenoxy) is 1. The third kappa shape index (κ3) is 7.22. The fourth-order valence-corrected chi connectivity index (χ4v) is 3.31. The molecule has 0 spiro atoms. The molecule has 9 heteroatoms. The van der Waals surface area contributed by atoms with Crippen LogP contribution in [0, 0.1) is 0 Å². The lowest BCUT2D eigenvalue weighted by molar-refractivity contribution is -0.143. The fraction of sp³-hybridized carbons (Fsp3) is 0.429. The lowest BCUT2D eigenvalue weighted by Crippen LogP contribution is -2.44. The lowest BCUT2D eigenvalue weighted by atomic mass is 10.2. The van der Waals surface area contributed by atoms with Crippen LogP contribution in [0.5, 0.6) is 5.75 Å². The largest absolute Gasteiger partial charge is 0.487 e. The number of hydrogen-bond donors (Lipinski definition) is 2. The Balaban J connectivity index is 1.46. The van der Waals surface area contributed by atoms with Crippen LogP contribution < -0.4 is 15.4 Å². The van der Waals surface area contributed by atoms with Crippen LogP contribution in [0.3, 0.4) is 0 Å². The summed E-state index contributed by atoms with van der Waals surface area (Å²) in [6.07, 6.45) is -1.80. The fourth-order valence-electron chi connectivity index (χ4n) is 3.31. The molecule has 2 N–H and O–H groups in total. The van der Waals surface area contributed by atoms with Gasteiger partial charge in [-0.2, -0.15) is 13.2 Å². The Labute approximate surface area is 174 Å². The first kappa shape index (κ1) is 21.9. The summed E-state index contributed by atoms with van der Waals surface area (Å²) in [6, 6.07) is 13.3. The molecule has 1 saturated heterocycles. The summed E-state index contributed by atoms with van der Waals surface area (Å²) < 4.78 is 43.4. The zero-order chi connectivity index (χ0) is 21.4. The summed E-state index contributed by atoms with van der Waals surface area (Å²) in [6.45, 7) is 0.792. The molecular formula is C21H26F3N5O. The average molecular weight is 421 g/mol. The molecule has 6 nitrogen and oxygen atoms in total. The number of aliphatic imine (C=N–C) groups is 1. The molecule has 1 atom stereocenters. The number of aromatic nitrogens is 1. The van der Waals surface area contributed by atoms with Crippen LogP contribution in [0.4, 0.5) is 13.2 Å². The van der Waals surface area contributed by atoms with Gasteiger partial charge in [0.05, 0.1) is 12.2 Å². The molecule has 0 radical (unpaired) electrons. The van der Waals surface area contributed by atoms with Crippen LogP contribution >= 0.6 is 0 Å². The minimum absolute atomic E-state index is 0.0633. The van der Waals surface area contributed by atoms with Gasteiger partial charge in [0, 0.05) is 38.9 Å². The number of hydrogen-bond acceptors (Lipinski definition) is 4. The molecule has 1 unspecified atom stereocenters. The first-order valence-electron chi connectivity index (χ1n) is 9.79. The Morgan fingerprint density at radius 1 is 1.27 bits per heavy atom. The Morgan fingerprint density at radius 3 is 2.87 bits per heavy atom. The monoisotopic (exact) mass is 421 g/mol. The van der Waals surface area contributed by atoms with Crippen molar-refractivity contribution in [3.8, 4) is 5.75 Å². The van der Waals surface area contributed by atoms with Crippen molar-refractivity contribution in [2.24, 2.45) is 4.99 Å². The molecule has 2 aromatic rings. The Bertz CT molecular complexity index is 829. The minimum atomic E-state index is -4.17. The highest BCUT2D eigenvalue weighted by molar-refractivity contribution is 5.80. The number of benzene rings is 1. The maximum atomic E-state index is 12.5. The molecule has 1 aliphatic rings. The maximum Gasteiger partial charge on any atom is 0.401 e. The summed E-state index contributed by atoms with van der Waals surface area (Å²) in [5, 5.41) is 6.41. The van der Waals surface area contributed by atoms with Gasteiger partial charge in [0.15, 0.2) is 5.96 Å². The Kier molecular flexibility index (Phi) is 7.51. The molecular weight excluding hydrogens is 395 g/mol. The van der Waals surface area contributed by atoms with E-state index in [0.717, 1.165) is 17.0 Å². The van der Waals surface area contributed by atoms with Crippen molar-refractivity contribution in [1.82, 2.24) is 20.5 Å². The van der Waals surface area contributed by atoms with Gasteiger partial charge in [-0.25, -0.2) is 0 Å². The second-order valence-electron chi connectivity index (χ2n) is 7.16. The van der Waals surface area contributed by atoms with Crippen molar-refractivity contribution in [2.75, 3.05) is 26.7 Å². The third-order valence-electron chi connectivity index (χ3n) is 4.71. The first-order chi connectivity index (χ1) is 14.4. The van der Waals surface area contributed by atoms with Gasteiger partial charge in [0.1, 0.15) is 12.4 Å². The van der Waals surface area contributed by atoms with Crippen molar-refractivity contribution in [1.29, 1.82) is 0 Å². The molecule has 1 aromatic heterocycles. The van der Waals surface area contributed by atoms with Gasteiger partial charge in [-0.15, -0.1) is 0 Å². The molecule has 1 aliphatic heterocycles. The Morgan fingerprint density at radius 2 is 2.13 bits per heavy atom. The molecule has 2 heterocycles. The average Bonchev–Trinajstić information content (AvgIpc) is 3.15. The second-order valence-corrected chi connectivity index (χ2v) is 7.16. The topological polar surface area (TPSA) is 61.8 Å². The molecule has 1 fully saturated rings. The zero-order valence-electron chi connectivity index (χ0n) is 16.8. The van der Waals surface area contributed by atoms with Crippen LogP contribution in [0.1, 0.15) is 17.7 Å². The smallest absolute Gasteiger partial charge is 0.401 e. The quantitative estimate of drug-likeness (QED) is 0.532. The van der Waals surface area contributed by atoms with Crippen molar-refractivity contribution in [3.63, 3.8) is 0 Å². The molecule has 0 amide bonds. The third-order valence-corrected chi connectivity index (χ3v) is 4.71. The van der Waals surface area contributed by atoms with E-state index in [-0.39, 0.29) is 6.04 Å². The summed E-state index contributed by atoms with van der Waals surface area (Å²) in [5.74, 6) is 1.30. The molecule has 0 saturated carbocycles. The summed E-state index contributed by atoms with van der Waals surface area (Å²) in [7, 11) is 1.64. The summed E-state index contributed by atoms with van der Waals surface area (Å²) in [5.41, 5.74) is 1.85. The minimum Gasteiger partial charge on any atom is -0.487 e. The Hall–Kier alpha value is -2.81. The summed E-state index contributed by atoms with van der Waals surface area (Å²) >= 11 is 0. The molecule has 162 valence electrons. The van der Waals surface area contributed by atoms with Gasteiger partial charge in [0.25, 0.3) is 0 Å². The first-order valence-corrected chi connectivity index (χ1v) is 9.79. The lowest BCUT2D eigenvalue weighted by Gasteiger charge is -2.20. The highest BCUT2D eigenvalue weighted by Gasteiger charge is 2.34. The number of nitrogens with zero attached hydrogens (tertiary/aromatic N) is 3. The highest BCUT2D eigenvalue weighted by atomic mass is 19.4. The van der Waals surface area contributed by atoms with Gasteiger partial charge in [-0.05, 0) is 36.2 Å². The van der Waals surface area contributed by atoms with E-state index in [9.17, 15) is 13.2 Å². The van der Waals surface area contributed by atoms with Crippen LogP contribution in [-0.4, -0.2) is 54.7 Å². The van der Waals surface area contributed by atoms with E-state index < -0.39 is 12.7 Å². The SMILES string of the molecule is CN=C(NCc1cccc(OCc2ccccn2)c1)NC1CCN(CC(F)(F)F)C1. The van der Waals surface area contributed by atoms with E-state index in [1.807, 2.05) is 42.5 Å². The number of alkyl halides is 3. The summed E-state index contributed by atoms with van der Waals surface area (Å²) in [4.78, 5) is 9.82. The number of guanidine groups is 1. The molecule has 30 heavy (non-hydrogen) atoms. The number of halogens is 3. The van der Waals surface area contributed by atoms with Crippen LogP contribution in [0.25, 0.3) is 0 Å². The number of rotatable bonds is 7. The van der Waals surface area contributed by atoms with Gasteiger partial charge < -0.3 is 15.4 Å². The predicted octanol–water partition coefficient (Wildman–Crippen LogP) is 2.96. The van der Waals surface area contributed by atoms with E-state index in [0.29, 0.717) is 38.6 Å². The molecule has 0 aliphatic carbocycles. The van der Waals surface area contributed by atoms with Crippen molar-refractivity contribution in [2.45, 2.75) is 31.8 Å². The highest BCUT2D eigenvalue weighted by Crippen LogP contribution is 2.20. The molecule has 3 rings (SSSR count). The van der Waals surface area contributed by atoms with Gasteiger partial charge in [-0.1, -0.05) is 18.2 Å². The van der Waals surface area contributed by atoms with E-state index >= 15 is 0 Å². The van der Waals surface area contributed by atoms with E-state index in [1.165, 1.54) is 4.90 Å². The standard InChI is InChI=1S/C21H26F3N5O/c1-25-20(28-17-8-10-29(13-17)15-21(22,23)24)27-12-16-5-4-7-19(11-16)30-14-18-6-2-3-9-26-18/h2-7,9,11,17H,8,10,12-15H2,1H3,(H2,25,27,28). The van der Waals surface area contributed by atoms with Crippen LogP contribution in [-0.2, 0) is 13.2 Å². The zero-order valence-corrected chi connectivity index (χ0v) is 16.8. The number of likely N-dealkylation sites (tertiary alicyclic amines) is 1.